The van der Waals surface area contributed by atoms with E-state index < -0.39 is 15.7 Å². The molecule has 32 heavy (non-hydrogen) atoms. The Balaban J connectivity index is 1.34. The molecule has 0 saturated carbocycles. The molecular weight excluding hydrogens is 455 g/mol. The van der Waals surface area contributed by atoms with Crippen molar-refractivity contribution in [1.82, 2.24) is 4.98 Å². The fourth-order valence-electron chi connectivity index (χ4n) is 3.08. The van der Waals surface area contributed by atoms with E-state index in [2.05, 4.69) is 10.3 Å². The number of carbonyl (C=O) groups is 1. The Bertz CT molecular complexity index is 1360. The van der Waals surface area contributed by atoms with Crippen molar-refractivity contribution in [3.63, 3.8) is 0 Å². The molecule has 0 radical (unpaired) electrons. The number of thiazole rings is 1. The number of anilines is 1. The van der Waals surface area contributed by atoms with Crippen LogP contribution in [-0.4, -0.2) is 32.2 Å². The van der Waals surface area contributed by atoms with Gasteiger partial charge < -0.3 is 14.5 Å². The highest BCUT2D eigenvalue weighted by Crippen LogP contribution is 2.32. The van der Waals surface area contributed by atoms with Crippen molar-refractivity contribution in [3.8, 4) is 17.2 Å². The number of fused-ring (bicyclic) bond motifs is 1. The summed E-state index contributed by atoms with van der Waals surface area (Å²) in [5.74, 6) is 0.230. The first-order chi connectivity index (χ1) is 15.3. The second-order valence-electron chi connectivity index (χ2n) is 6.98. The first kappa shape index (κ1) is 22.0. The minimum absolute atomic E-state index is 0.0137. The summed E-state index contributed by atoms with van der Waals surface area (Å²) in [6, 6.07) is 11.9. The Labute approximate surface area is 187 Å². The zero-order chi connectivity index (χ0) is 22.7. The van der Waals surface area contributed by atoms with Crippen LogP contribution in [0.5, 0.6) is 5.75 Å². The number of amides is 1. The van der Waals surface area contributed by atoms with E-state index in [1.165, 1.54) is 23.5 Å². The molecule has 0 aliphatic rings. The molecule has 2 heterocycles. The Hall–Kier alpha value is -3.24. The van der Waals surface area contributed by atoms with E-state index in [1.807, 2.05) is 18.2 Å². The summed E-state index contributed by atoms with van der Waals surface area (Å²) in [5, 5.41) is 5.72. The summed E-state index contributed by atoms with van der Waals surface area (Å²) in [7, 11) is -1.98. The minimum Gasteiger partial charge on any atom is -0.497 e. The molecule has 4 rings (SSSR count). The van der Waals surface area contributed by atoms with Gasteiger partial charge in [-0.25, -0.2) is 17.8 Å². The standard InChI is InChI=1S/C22H19FN2O5S2/c1-29-16-6-9-19-14(11-16)12-20(30-19)18-13-31-22(24-18)25-21(26)3-2-10-32(27,28)17-7-4-15(23)5-8-17/h4-9,11-13H,2-3,10H2,1H3,(H,24,25,26). The van der Waals surface area contributed by atoms with Crippen LogP contribution in [0.1, 0.15) is 12.8 Å². The molecule has 1 amide bonds. The predicted molar refractivity (Wildman–Crippen MR) is 120 cm³/mol. The average Bonchev–Trinajstić information content (AvgIpc) is 3.40. The van der Waals surface area contributed by atoms with Gasteiger partial charge in [0.15, 0.2) is 20.7 Å². The van der Waals surface area contributed by atoms with Gasteiger partial charge in [0.05, 0.1) is 17.8 Å². The van der Waals surface area contributed by atoms with Crippen LogP contribution in [0.25, 0.3) is 22.4 Å². The lowest BCUT2D eigenvalue weighted by Crippen LogP contribution is -2.14. The number of ether oxygens (including phenoxy) is 1. The Morgan fingerprint density at radius 3 is 2.72 bits per heavy atom. The van der Waals surface area contributed by atoms with Crippen molar-refractivity contribution in [2.24, 2.45) is 0 Å². The smallest absolute Gasteiger partial charge is 0.226 e. The highest BCUT2D eigenvalue weighted by atomic mass is 32.2. The Morgan fingerprint density at radius 2 is 1.97 bits per heavy atom. The van der Waals surface area contributed by atoms with E-state index in [-0.39, 0.29) is 29.4 Å². The molecule has 0 saturated heterocycles. The van der Waals surface area contributed by atoms with E-state index in [1.54, 1.807) is 18.6 Å². The third-order valence-corrected chi connectivity index (χ3v) is 7.29. The molecule has 1 N–H and O–H groups in total. The molecule has 4 aromatic rings. The van der Waals surface area contributed by atoms with E-state index >= 15 is 0 Å². The number of rotatable bonds is 8. The zero-order valence-corrected chi connectivity index (χ0v) is 18.6. The van der Waals surface area contributed by atoms with Gasteiger partial charge >= 0.3 is 0 Å². The fraction of sp³-hybridized carbons (Fsp3) is 0.182. The van der Waals surface area contributed by atoms with Crippen molar-refractivity contribution in [3.05, 3.63) is 59.7 Å². The van der Waals surface area contributed by atoms with Gasteiger partial charge in [0, 0.05) is 17.2 Å². The number of nitrogens with one attached hydrogen (secondary N) is 1. The molecule has 0 atom stereocenters. The van der Waals surface area contributed by atoms with Gasteiger partial charge in [0.2, 0.25) is 5.91 Å². The number of hydrogen-bond donors (Lipinski definition) is 1. The molecule has 0 fully saturated rings. The van der Waals surface area contributed by atoms with Crippen molar-refractivity contribution in [2.45, 2.75) is 17.7 Å². The van der Waals surface area contributed by atoms with Gasteiger partial charge in [-0.05, 0) is 55.0 Å². The Kier molecular flexibility index (Phi) is 6.24. The second kappa shape index (κ2) is 9.09. The van der Waals surface area contributed by atoms with Gasteiger partial charge in [0.25, 0.3) is 0 Å². The SMILES string of the molecule is COc1ccc2oc(-c3csc(NC(=O)CCCS(=O)(=O)c4ccc(F)cc4)n3)cc2c1. The van der Waals surface area contributed by atoms with E-state index in [4.69, 9.17) is 9.15 Å². The molecule has 0 aliphatic heterocycles. The van der Waals surface area contributed by atoms with Crippen molar-refractivity contribution in [2.75, 3.05) is 18.2 Å². The molecule has 0 unspecified atom stereocenters. The first-order valence-electron chi connectivity index (χ1n) is 9.66. The molecule has 0 spiro atoms. The highest BCUT2D eigenvalue weighted by molar-refractivity contribution is 7.91. The van der Waals surface area contributed by atoms with Gasteiger partial charge in [-0.2, -0.15) is 0 Å². The third-order valence-electron chi connectivity index (χ3n) is 4.72. The number of furan rings is 1. The summed E-state index contributed by atoms with van der Waals surface area (Å²) in [6.07, 6.45) is 0.148. The van der Waals surface area contributed by atoms with Crippen molar-refractivity contribution >= 4 is 43.2 Å². The lowest BCUT2D eigenvalue weighted by Gasteiger charge is -2.04. The highest BCUT2D eigenvalue weighted by Gasteiger charge is 2.16. The van der Waals surface area contributed by atoms with Crippen LogP contribution in [0.15, 0.2) is 63.2 Å². The van der Waals surface area contributed by atoms with Gasteiger partial charge in [-0.3, -0.25) is 4.79 Å². The van der Waals surface area contributed by atoms with E-state index in [9.17, 15) is 17.6 Å². The number of carbonyl (C=O) groups excluding carboxylic acids is 1. The van der Waals surface area contributed by atoms with Gasteiger partial charge in [-0.15, -0.1) is 11.3 Å². The molecule has 7 nitrogen and oxygen atoms in total. The fourth-order valence-corrected chi connectivity index (χ4v) is 5.11. The molecule has 0 aliphatic carbocycles. The molecule has 10 heteroatoms. The molecule has 0 bridgehead atoms. The number of halogens is 1. The number of methoxy groups -OCH3 is 1. The molecule has 2 aromatic carbocycles. The van der Waals surface area contributed by atoms with Crippen LogP contribution in [0.3, 0.4) is 0 Å². The van der Waals surface area contributed by atoms with Gasteiger partial charge in [0.1, 0.15) is 22.8 Å². The number of sulfone groups is 1. The number of benzene rings is 2. The van der Waals surface area contributed by atoms with Crippen LogP contribution in [0.4, 0.5) is 9.52 Å². The van der Waals surface area contributed by atoms with Crippen LogP contribution in [0.2, 0.25) is 0 Å². The lowest BCUT2D eigenvalue weighted by molar-refractivity contribution is -0.116. The number of aromatic nitrogens is 1. The van der Waals surface area contributed by atoms with E-state index in [0.717, 1.165) is 23.3 Å². The van der Waals surface area contributed by atoms with Gasteiger partial charge in [-0.1, -0.05) is 0 Å². The quantitative estimate of drug-likeness (QED) is 0.365. The van der Waals surface area contributed by atoms with Crippen LogP contribution in [-0.2, 0) is 14.6 Å². The molecular formula is C22H19FN2O5S2. The minimum atomic E-state index is -3.58. The van der Waals surface area contributed by atoms with Crippen LogP contribution < -0.4 is 10.1 Å². The van der Waals surface area contributed by atoms with Crippen LogP contribution in [0, 0.1) is 5.82 Å². The van der Waals surface area contributed by atoms with E-state index in [0.29, 0.717) is 22.2 Å². The lowest BCUT2D eigenvalue weighted by atomic mass is 10.2. The normalized spacial score (nSPS) is 11.6. The van der Waals surface area contributed by atoms with Crippen molar-refractivity contribution < 1.29 is 26.8 Å². The largest absolute Gasteiger partial charge is 0.497 e. The summed E-state index contributed by atoms with van der Waals surface area (Å²) in [6.45, 7) is 0. The Morgan fingerprint density at radius 1 is 1.19 bits per heavy atom. The predicted octanol–water partition coefficient (Wildman–Crippen LogP) is 4.90. The summed E-state index contributed by atoms with van der Waals surface area (Å²) in [4.78, 5) is 16.6. The zero-order valence-electron chi connectivity index (χ0n) is 17.0. The maximum Gasteiger partial charge on any atom is 0.226 e. The summed E-state index contributed by atoms with van der Waals surface area (Å²) in [5.41, 5.74) is 1.28. The monoisotopic (exact) mass is 474 g/mol. The van der Waals surface area contributed by atoms with Crippen molar-refractivity contribution in [1.29, 1.82) is 0 Å². The first-order valence-corrected chi connectivity index (χ1v) is 12.2. The second-order valence-corrected chi connectivity index (χ2v) is 9.94. The topological polar surface area (TPSA) is 98.5 Å². The molecule has 166 valence electrons. The third kappa shape index (κ3) is 4.97. The molecule has 2 aromatic heterocycles. The summed E-state index contributed by atoms with van der Waals surface area (Å²) < 4.78 is 48.5. The number of nitrogens with zero attached hydrogens (tertiary/aromatic N) is 1. The maximum absolute atomic E-state index is 13.0. The average molecular weight is 475 g/mol. The number of hydrogen-bond acceptors (Lipinski definition) is 7. The summed E-state index contributed by atoms with van der Waals surface area (Å²) >= 11 is 1.25. The van der Waals surface area contributed by atoms with Crippen LogP contribution >= 0.6 is 11.3 Å². The maximum atomic E-state index is 13.0.